The zero-order chi connectivity index (χ0) is 15.9. The summed E-state index contributed by atoms with van der Waals surface area (Å²) in [6.45, 7) is 0.221. The number of carbonyl (C=O) groups excluding carboxylic acids is 1. The topological polar surface area (TPSA) is 60.5 Å². The predicted octanol–water partition coefficient (Wildman–Crippen LogP) is 3.09. The van der Waals surface area contributed by atoms with Crippen LogP contribution in [0.3, 0.4) is 0 Å². The van der Waals surface area contributed by atoms with E-state index in [0.717, 1.165) is 5.56 Å². The lowest BCUT2D eigenvalue weighted by atomic mass is 10.3. The number of methoxy groups -OCH3 is 1. The van der Waals surface area contributed by atoms with Crippen molar-refractivity contribution in [3.63, 3.8) is 0 Å². The Labute approximate surface area is 138 Å². The van der Waals surface area contributed by atoms with E-state index in [-0.39, 0.29) is 12.5 Å². The summed E-state index contributed by atoms with van der Waals surface area (Å²) in [4.78, 5) is 15.8. The standard InChI is InChI=1S/C15H14Cl2N2O3/c1-21-15-5-2-10(8-19-15)7-18-14(20)9-22-13-4-3-11(16)6-12(13)17/h2-6,8H,7,9H2,1H3,(H,18,20). The highest BCUT2D eigenvalue weighted by Gasteiger charge is 2.06. The van der Waals surface area contributed by atoms with E-state index in [4.69, 9.17) is 32.7 Å². The van der Waals surface area contributed by atoms with Crippen LogP contribution in [-0.4, -0.2) is 24.6 Å². The molecule has 1 heterocycles. The highest BCUT2D eigenvalue weighted by molar-refractivity contribution is 6.35. The maximum atomic E-state index is 11.7. The molecule has 116 valence electrons. The zero-order valence-electron chi connectivity index (χ0n) is 11.8. The molecule has 1 aromatic carbocycles. The minimum absolute atomic E-state index is 0.134. The smallest absolute Gasteiger partial charge is 0.258 e. The van der Waals surface area contributed by atoms with Gasteiger partial charge in [0.15, 0.2) is 6.61 Å². The minimum Gasteiger partial charge on any atom is -0.482 e. The molecule has 1 aromatic heterocycles. The maximum absolute atomic E-state index is 11.7. The second kappa shape index (κ2) is 7.87. The van der Waals surface area contributed by atoms with Crippen LogP contribution in [0.15, 0.2) is 36.5 Å². The van der Waals surface area contributed by atoms with Gasteiger partial charge in [0.25, 0.3) is 5.91 Å². The number of pyridine rings is 1. The molecule has 5 nitrogen and oxygen atoms in total. The number of ether oxygens (including phenoxy) is 2. The van der Waals surface area contributed by atoms with Gasteiger partial charge >= 0.3 is 0 Å². The highest BCUT2D eigenvalue weighted by Crippen LogP contribution is 2.27. The molecule has 0 aliphatic heterocycles. The van der Waals surface area contributed by atoms with Gasteiger partial charge in [-0.1, -0.05) is 29.3 Å². The number of hydrogen-bond donors (Lipinski definition) is 1. The van der Waals surface area contributed by atoms with Crippen molar-refractivity contribution in [2.24, 2.45) is 0 Å². The van der Waals surface area contributed by atoms with Gasteiger partial charge in [-0.25, -0.2) is 4.98 Å². The lowest BCUT2D eigenvalue weighted by Gasteiger charge is -2.09. The van der Waals surface area contributed by atoms with Crippen LogP contribution in [0.1, 0.15) is 5.56 Å². The average molecular weight is 341 g/mol. The molecule has 0 bridgehead atoms. The molecule has 2 rings (SSSR count). The Morgan fingerprint density at radius 2 is 2.09 bits per heavy atom. The molecule has 2 aromatic rings. The van der Waals surface area contributed by atoms with Crippen LogP contribution >= 0.6 is 23.2 Å². The number of benzene rings is 1. The van der Waals surface area contributed by atoms with Gasteiger partial charge in [0.1, 0.15) is 5.75 Å². The molecule has 1 N–H and O–H groups in total. The predicted molar refractivity (Wildman–Crippen MR) is 84.6 cm³/mol. The Hall–Kier alpha value is -1.98. The summed E-state index contributed by atoms with van der Waals surface area (Å²) in [7, 11) is 1.54. The number of nitrogens with one attached hydrogen (secondary N) is 1. The fraction of sp³-hybridized carbons (Fsp3) is 0.200. The Kier molecular flexibility index (Phi) is 5.86. The number of hydrogen-bond acceptors (Lipinski definition) is 4. The second-order valence-corrected chi connectivity index (χ2v) is 5.19. The van der Waals surface area contributed by atoms with Crippen LogP contribution in [0.4, 0.5) is 0 Å². The van der Waals surface area contributed by atoms with Crippen molar-refractivity contribution in [3.05, 3.63) is 52.1 Å². The lowest BCUT2D eigenvalue weighted by Crippen LogP contribution is -2.28. The van der Waals surface area contributed by atoms with Crippen LogP contribution in [0, 0.1) is 0 Å². The first-order valence-electron chi connectivity index (χ1n) is 6.42. The summed E-state index contributed by atoms with van der Waals surface area (Å²) < 4.78 is 10.3. The Morgan fingerprint density at radius 1 is 1.27 bits per heavy atom. The van der Waals surface area contributed by atoms with Gasteiger partial charge in [-0.2, -0.15) is 0 Å². The summed E-state index contributed by atoms with van der Waals surface area (Å²) in [6, 6.07) is 8.36. The van der Waals surface area contributed by atoms with E-state index in [0.29, 0.717) is 28.2 Å². The Bertz CT molecular complexity index is 648. The molecule has 0 fully saturated rings. The molecule has 0 unspecified atom stereocenters. The SMILES string of the molecule is COc1ccc(CNC(=O)COc2ccc(Cl)cc2Cl)cn1. The van der Waals surface area contributed by atoms with Crippen molar-refractivity contribution < 1.29 is 14.3 Å². The van der Waals surface area contributed by atoms with E-state index in [1.807, 2.05) is 6.07 Å². The molecule has 0 saturated heterocycles. The Morgan fingerprint density at radius 3 is 2.73 bits per heavy atom. The van der Waals surface area contributed by atoms with E-state index in [2.05, 4.69) is 10.3 Å². The average Bonchev–Trinajstić information content (AvgIpc) is 2.52. The van der Waals surface area contributed by atoms with Crippen LogP contribution in [0.5, 0.6) is 11.6 Å². The lowest BCUT2D eigenvalue weighted by molar-refractivity contribution is -0.123. The minimum atomic E-state index is -0.262. The normalized spacial score (nSPS) is 10.1. The van der Waals surface area contributed by atoms with Crippen LogP contribution in [-0.2, 0) is 11.3 Å². The molecule has 0 aliphatic rings. The van der Waals surface area contributed by atoms with E-state index in [9.17, 15) is 4.79 Å². The van der Waals surface area contributed by atoms with E-state index < -0.39 is 0 Å². The summed E-state index contributed by atoms with van der Waals surface area (Å²) in [5, 5.41) is 3.59. The fourth-order valence-corrected chi connectivity index (χ4v) is 2.09. The van der Waals surface area contributed by atoms with Gasteiger partial charge in [-0.05, 0) is 23.8 Å². The van der Waals surface area contributed by atoms with Crippen molar-refractivity contribution in [1.29, 1.82) is 0 Å². The molecular weight excluding hydrogens is 327 g/mol. The highest BCUT2D eigenvalue weighted by atomic mass is 35.5. The van der Waals surface area contributed by atoms with Crippen molar-refractivity contribution >= 4 is 29.1 Å². The van der Waals surface area contributed by atoms with Gasteiger partial charge in [0, 0.05) is 23.8 Å². The van der Waals surface area contributed by atoms with Gasteiger partial charge in [-0.15, -0.1) is 0 Å². The van der Waals surface area contributed by atoms with Gasteiger partial charge in [0.2, 0.25) is 5.88 Å². The first-order chi connectivity index (χ1) is 10.6. The molecule has 0 spiro atoms. The van der Waals surface area contributed by atoms with Crippen LogP contribution < -0.4 is 14.8 Å². The number of amides is 1. The second-order valence-electron chi connectivity index (χ2n) is 4.35. The Balaban J connectivity index is 1.80. The van der Waals surface area contributed by atoms with E-state index in [1.165, 1.54) is 0 Å². The van der Waals surface area contributed by atoms with Crippen molar-refractivity contribution in [2.45, 2.75) is 6.54 Å². The molecule has 0 aliphatic carbocycles. The number of aromatic nitrogens is 1. The number of carbonyl (C=O) groups is 1. The van der Waals surface area contributed by atoms with Crippen LogP contribution in [0.2, 0.25) is 10.0 Å². The zero-order valence-corrected chi connectivity index (χ0v) is 13.3. The quantitative estimate of drug-likeness (QED) is 0.877. The summed E-state index contributed by atoms with van der Waals surface area (Å²) in [5.41, 5.74) is 0.860. The van der Waals surface area contributed by atoms with Crippen molar-refractivity contribution in [1.82, 2.24) is 10.3 Å². The van der Waals surface area contributed by atoms with Crippen molar-refractivity contribution in [3.8, 4) is 11.6 Å². The fourth-order valence-electron chi connectivity index (χ4n) is 1.62. The first kappa shape index (κ1) is 16.4. The third kappa shape index (κ3) is 4.79. The summed E-state index contributed by atoms with van der Waals surface area (Å²) >= 11 is 11.7. The largest absolute Gasteiger partial charge is 0.482 e. The third-order valence-corrected chi connectivity index (χ3v) is 3.28. The molecule has 1 amide bonds. The van der Waals surface area contributed by atoms with Crippen molar-refractivity contribution in [2.75, 3.05) is 13.7 Å². The number of halogens is 2. The molecule has 0 atom stereocenters. The number of nitrogens with zero attached hydrogens (tertiary/aromatic N) is 1. The maximum Gasteiger partial charge on any atom is 0.258 e. The molecule has 0 saturated carbocycles. The number of rotatable bonds is 6. The van der Waals surface area contributed by atoms with E-state index >= 15 is 0 Å². The van der Waals surface area contributed by atoms with Gasteiger partial charge < -0.3 is 14.8 Å². The van der Waals surface area contributed by atoms with Gasteiger partial charge in [0.05, 0.1) is 12.1 Å². The third-order valence-electron chi connectivity index (χ3n) is 2.75. The first-order valence-corrected chi connectivity index (χ1v) is 7.17. The molecule has 7 heteroatoms. The monoisotopic (exact) mass is 340 g/mol. The van der Waals surface area contributed by atoms with Gasteiger partial charge in [-0.3, -0.25) is 4.79 Å². The van der Waals surface area contributed by atoms with Crippen LogP contribution in [0.25, 0.3) is 0 Å². The summed E-state index contributed by atoms with van der Waals surface area (Å²) in [6.07, 6.45) is 1.63. The van der Waals surface area contributed by atoms with E-state index in [1.54, 1.807) is 37.6 Å². The molecular formula is C15H14Cl2N2O3. The molecule has 22 heavy (non-hydrogen) atoms. The molecule has 0 radical (unpaired) electrons. The summed E-state index contributed by atoms with van der Waals surface area (Å²) in [5.74, 6) is 0.671.